The summed E-state index contributed by atoms with van der Waals surface area (Å²) < 4.78 is 0. The Morgan fingerprint density at radius 1 is 1.31 bits per heavy atom. The van der Waals surface area contributed by atoms with Crippen molar-refractivity contribution in [3.8, 4) is 0 Å². The van der Waals surface area contributed by atoms with E-state index in [0.29, 0.717) is 0 Å². The van der Waals surface area contributed by atoms with Crippen LogP contribution in [-0.2, 0) is 9.59 Å². The summed E-state index contributed by atoms with van der Waals surface area (Å²) in [4.78, 5) is 21.3. The van der Waals surface area contributed by atoms with Crippen molar-refractivity contribution >= 4 is 11.9 Å². The highest BCUT2D eigenvalue weighted by molar-refractivity contribution is 5.72. The molecular weight excluding hydrogens is 178 g/mol. The topological polar surface area (TPSA) is 98.1 Å². The summed E-state index contributed by atoms with van der Waals surface area (Å²) in [5.41, 5.74) is 0. The maximum absolute atomic E-state index is 10.2. The molecule has 0 amide bonds. The Morgan fingerprint density at radius 3 is 1.92 bits per heavy atom. The molecule has 0 radical (unpaired) electrons. The van der Waals surface area contributed by atoms with Gasteiger partial charge < -0.3 is 15.3 Å². The van der Waals surface area contributed by atoms with Crippen molar-refractivity contribution in [1.82, 2.24) is 4.90 Å². The third-order valence-corrected chi connectivity index (χ3v) is 1.26. The first-order valence-corrected chi connectivity index (χ1v) is 3.45. The third kappa shape index (κ3) is 4.94. The van der Waals surface area contributed by atoms with Gasteiger partial charge in [-0.15, -0.1) is 0 Å². The van der Waals surface area contributed by atoms with Crippen molar-refractivity contribution < 1.29 is 24.9 Å². The number of aliphatic hydroxyl groups excluding tert-OH is 1. The molecule has 0 spiro atoms. The SMILES string of the molecule is C=CC(O)N(CC(=O)O)CC(=O)O. The second-order valence-electron chi connectivity index (χ2n) is 2.34. The molecule has 3 N–H and O–H groups in total. The number of hydrogen-bond acceptors (Lipinski definition) is 4. The molecule has 0 aromatic carbocycles. The molecule has 0 fully saturated rings. The fourth-order valence-electron chi connectivity index (χ4n) is 0.740. The van der Waals surface area contributed by atoms with Gasteiger partial charge in [-0.2, -0.15) is 0 Å². The Labute approximate surface area is 74.7 Å². The molecule has 0 aliphatic heterocycles. The molecule has 6 heteroatoms. The lowest BCUT2D eigenvalue weighted by Crippen LogP contribution is -2.41. The van der Waals surface area contributed by atoms with E-state index in [1.165, 1.54) is 0 Å². The van der Waals surface area contributed by atoms with Gasteiger partial charge in [0, 0.05) is 0 Å². The molecule has 0 aliphatic rings. The number of nitrogens with zero attached hydrogens (tertiary/aromatic N) is 1. The van der Waals surface area contributed by atoms with Gasteiger partial charge in [-0.1, -0.05) is 6.58 Å². The van der Waals surface area contributed by atoms with Crippen molar-refractivity contribution in [3.63, 3.8) is 0 Å². The van der Waals surface area contributed by atoms with Crippen LogP contribution in [-0.4, -0.2) is 51.5 Å². The van der Waals surface area contributed by atoms with Gasteiger partial charge in [-0.25, -0.2) is 0 Å². The average molecular weight is 189 g/mol. The van der Waals surface area contributed by atoms with Gasteiger partial charge in [-0.05, 0) is 6.08 Å². The lowest BCUT2D eigenvalue weighted by molar-refractivity contribution is -0.145. The number of carbonyl (C=O) groups is 2. The summed E-state index contributed by atoms with van der Waals surface area (Å²) in [5.74, 6) is -2.41. The molecule has 74 valence electrons. The molecule has 0 saturated heterocycles. The lowest BCUT2D eigenvalue weighted by Gasteiger charge is -2.21. The highest BCUT2D eigenvalue weighted by Crippen LogP contribution is 1.96. The van der Waals surface area contributed by atoms with Gasteiger partial charge in [0.1, 0.15) is 6.23 Å². The molecule has 13 heavy (non-hydrogen) atoms. The van der Waals surface area contributed by atoms with Crippen molar-refractivity contribution in [2.24, 2.45) is 0 Å². The summed E-state index contributed by atoms with van der Waals surface area (Å²) in [5, 5.41) is 25.8. The highest BCUT2D eigenvalue weighted by atomic mass is 16.4. The van der Waals surface area contributed by atoms with Gasteiger partial charge in [-0.3, -0.25) is 14.5 Å². The molecule has 0 aromatic rings. The minimum Gasteiger partial charge on any atom is -0.480 e. The van der Waals surface area contributed by atoms with E-state index >= 15 is 0 Å². The fourth-order valence-corrected chi connectivity index (χ4v) is 0.740. The van der Waals surface area contributed by atoms with E-state index in [-0.39, 0.29) is 0 Å². The smallest absolute Gasteiger partial charge is 0.317 e. The Hall–Kier alpha value is -1.40. The number of aliphatic hydroxyl groups is 1. The summed E-state index contributed by atoms with van der Waals surface area (Å²) >= 11 is 0. The number of hydrogen-bond donors (Lipinski definition) is 3. The van der Waals surface area contributed by atoms with E-state index in [1.54, 1.807) is 0 Å². The maximum atomic E-state index is 10.2. The van der Waals surface area contributed by atoms with Gasteiger partial charge in [0.2, 0.25) is 0 Å². The van der Waals surface area contributed by atoms with Crippen LogP contribution in [0.5, 0.6) is 0 Å². The standard InChI is InChI=1S/C7H11NO5/c1-2-5(9)8(3-6(10)11)4-7(12)13/h2,5,9H,1,3-4H2,(H,10,11)(H,12,13). The fraction of sp³-hybridized carbons (Fsp3) is 0.429. The van der Waals surface area contributed by atoms with Gasteiger partial charge in [0.05, 0.1) is 13.1 Å². The molecule has 0 bridgehead atoms. The van der Waals surface area contributed by atoms with Crippen molar-refractivity contribution in [2.75, 3.05) is 13.1 Å². The molecule has 1 atom stereocenters. The Kier molecular flexibility index (Phi) is 4.71. The van der Waals surface area contributed by atoms with Crippen LogP contribution >= 0.6 is 0 Å². The lowest BCUT2D eigenvalue weighted by atomic mass is 10.4. The monoisotopic (exact) mass is 189 g/mol. The molecule has 0 heterocycles. The average Bonchev–Trinajstić information content (AvgIpc) is 2.00. The van der Waals surface area contributed by atoms with Gasteiger partial charge in [0.15, 0.2) is 0 Å². The van der Waals surface area contributed by atoms with Crippen molar-refractivity contribution in [3.05, 3.63) is 12.7 Å². The summed E-state index contributed by atoms with van der Waals surface area (Å²) in [6.07, 6.45) is -0.196. The highest BCUT2D eigenvalue weighted by Gasteiger charge is 2.18. The molecule has 0 aromatic heterocycles. The molecular formula is C7H11NO5. The molecule has 0 aliphatic carbocycles. The van der Waals surface area contributed by atoms with Crippen LogP contribution in [0.4, 0.5) is 0 Å². The van der Waals surface area contributed by atoms with Crippen LogP contribution < -0.4 is 0 Å². The number of aliphatic carboxylic acids is 2. The normalized spacial score (nSPS) is 12.5. The summed E-state index contributed by atoms with van der Waals surface area (Å²) in [7, 11) is 0. The molecule has 1 unspecified atom stereocenters. The van der Waals surface area contributed by atoms with Crippen LogP contribution in [0, 0.1) is 0 Å². The Bertz CT molecular complexity index is 199. The van der Waals surface area contributed by atoms with E-state index < -0.39 is 31.3 Å². The van der Waals surface area contributed by atoms with Crippen LogP contribution in [0.2, 0.25) is 0 Å². The van der Waals surface area contributed by atoms with E-state index in [1.807, 2.05) is 0 Å². The quantitative estimate of drug-likeness (QED) is 0.365. The minimum absolute atomic E-state index is 0.542. The van der Waals surface area contributed by atoms with Crippen LogP contribution in [0.1, 0.15) is 0 Å². The first-order valence-electron chi connectivity index (χ1n) is 3.45. The predicted molar refractivity (Wildman–Crippen MR) is 43.0 cm³/mol. The first-order chi connectivity index (χ1) is 5.97. The second-order valence-corrected chi connectivity index (χ2v) is 2.34. The van der Waals surface area contributed by atoms with Crippen molar-refractivity contribution in [1.29, 1.82) is 0 Å². The number of rotatable bonds is 6. The van der Waals surface area contributed by atoms with E-state index in [2.05, 4.69) is 6.58 Å². The van der Waals surface area contributed by atoms with Crippen LogP contribution in [0.25, 0.3) is 0 Å². The van der Waals surface area contributed by atoms with Crippen molar-refractivity contribution in [2.45, 2.75) is 6.23 Å². The minimum atomic E-state index is -1.26. The zero-order chi connectivity index (χ0) is 10.4. The third-order valence-electron chi connectivity index (χ3n) is 1.26. The summed E-state index contributed by atoms with van der Waals surface area (Å²) in [6, 6.07) is 0. The second kappa shape index (κ2) is 5.28. The Balaban J connectivity index is 4.25. The molecule has 0 rings (SSSR count). The Morgan fingerprint density at radius 2 is 1.69 bits per heavy atom. The molecule has 0 saturated carbocycles. The number of carboxylic acids is 2. The van der Waals surface area contributed by atoms with Crippen LogP contribution in [0.3, 0.4) is 0 Å². The maximum Gasteiger partial charge on any atom is 0.317 e. The van der Waals surface area contributed by atoms with Gasteiger partial charge >= 0.3 is 11.9 Å². The molecule has 6 nitrogen and oxygen atoms in total. The summed E-state index contributed by atoms with van der Waals surface area (Å²) in [6.45, 7) is 2.13. The zero-order valence-electron chi connectivity index (χ0n) is 6.88. The van der Waals surface area contributed by atoms with E-state index in [9.17, 15) is 9.59 Å². The van der Waals surface area contributed by atoms with E-state index in [0.717, 1.165) is 11.0 Å². The first kappa shape index (κ1) is 11.6. The van der Waals surface area contributed by atoms with Gasteiger partial charge in [0.25, 0.3) is 0 Å². The number of carboxylic acid groups (broad SMARTS) is 2. The zero-order valence-corrected chi connectivity index (χ0v) is 6.88. The largest absolute Gasteiger partial charge is 0.480 e. The predicted octanol–water partition coefficient (Wildman–Crippen LogP) is -1.04. The van der Waals surface area contributed by atoms with Crippen LogP contribution in [0.15, 0.2) is 12.7 Å². The van der Waals surface area contributed by atoms with E-state index in [4.69, 9.17) is 15.3 Å².